The number of benzene rings is 3. The first-order valence-electron chi connectivity index (χ1n) is 8.83. The molecule has 7 nitrogen and oxygen atoms in total. The van der Waals surface area contributed by atoms with E-state index in [1.54, 1.807) is 42.5 Å². The van der Waals surface area contributed by atoms with Crippen LogP contribution in [0.4, 0.5) is 5.69 Å². The summed E-state index contributed by atoms with van der Waals surface area (Å²) >= 11 is 7.25. The van der Waals surface area contributed by atoms with Crippen LogP contribution in [0.15, 0.2) is 77.0 Å². The first-order valence-corrected chi connectivity index (χ1v) is 11.5. The number of nitrogens with zero attached hydrogens (tertiary/aromatic N) is 3. The molecule has 0 amide bonds. The number of sulfonamides is 1. The quantitative estimate of drug-likeness (QED) is 0.410. The van der Waals surface area contributed by atoms with Crippen molar-refractivity contribution in [3.8, 4) is 28.8 Å². The Balaban J connectivity index is 1.49. The molecule has 0 spiro atoms. The minimum atomic E-state index is -3.79. The minimum absolute atomic E-state index is 0.0687. The van der Waals surface area contributed by atoms with Crippen LogP contribution in [0.1, 0.15) is 5.56 Å². The summed E-state index contributed by atoms with van der Waals surface area (Å²) in [5, 5.41) is 15.3. The highest BCUT2D eigenvalue weighted by molar-refractivity contribution is 7.92. The SMILES string of the molecule is N#Cc1c(Cl)cccc1Oc1ccc(S(=O)(=O)Nc2ccc(-c3csnn3)cc2)cc1. The summed E-state index contributed by atoms with van der Waals surface area (Å²) in [6, 6.07) is 19.6. The van der Waals surface area contributed by atoms with Crippen molar-refractivity contribution < 1.29 is 13.2 Å². The van der Waals surface area contributed by atoms with E-state index in [-0.39, 0.29) is 15.5 Å². The van der Waals surface area contributed by atoms with E-state index in [1.807, 2.05) is 11.4 Å². The molecule has 0 saturated heterocycles. The van der Waals surface area contributed by atoms with Crippen molar-refractivity contribution in [2.24, 2.45) is 0 Å². The summed E-state index contributed by atoms with van der Waals surface area (Å²) in [5.74, 6) is 0.665. The fourth-order valence-electron chi connectivity index (χ4n) is 2.73. The first-order chi connectivity index (χ1) is 15.0. The number of anilines is 1. The highest BCUT2D eigenvalue weighted by atomic mass is 35.5. The van der Waals surface area contributed by atoms with E-state index >= 15 is 0 Å². The Bertz CT molecular complexity index is 1350. The zero-order valence-electron chi connectivity index (χ0n) is 15.7. The van der Waals surface area contributed by atoms with Gasteiger partial charge in [-0.25, -0.2) is 8.42 Å². The molecule has 0 aliphatic rings. The molecule has 1 heterocycles. The average Bonchev–Trinajstić information content (AvgIpc) is 3.30. The summed E-state index contributed by atoms with van der Waals surface area (Å²) in [7, 11) is -3.79. The third-order valence-electron chi connectivity index (χ3n) is 4.24. The van der Waals surface area contributed by atoms with Crippen LogP contribution in [-0.2, 0) is 10.0 Å². The molecule has 0 saturated carbocycles. The third-order valence-corrected chi connectivity index (χ3v) is 6.46. The molecule has 1 aromatic heterocycles. The van der Waals surface area contributed by atoms with E-state index in [1.165, 1.54) is 35.8 Å². The fraction of sp³-hybridized carbons (Fsp3) is 0. The minimum Gasteiger partial charge on any atom is -0.456 e. The van der Waals surface area contributed by atoms with Crippen molar-refractivity contribution in [2.75, 3.05) is 4.72 Å². The van der Waals surface area contributed by atoms with Gasteiger partial charge in [-0.1, -0.05) is 34.3 Å². The largest absolute Gasteiger partial charge is 0.456 e. The van der Waals surface area contributed by atoms with Crippen LogP contribution < -0.4 is 9.46 Å². The Labute approximate surface area is 187 Å². The molecule has 0 aliphatic heterocycles. The molecule has 31 heavy (non-hydrogen) atoms. The Hall–Kier alpha value is -3.45. The Morgan fingerprint density at radius 2 is 1.77 bits per heavy atom. The Morgan fingerprint density at radius 1 is 1.03 bits per heavy atom. The molecular weight excluding hydrogens is 456 g/mol. The second-order valence-electron chi connectivity index (χ2n) is 6.27. The summed E-state index contributed by atoms with van der Waals surface area (Å²) in [4.78, 5) is 0.0687. The summed E-state index contributed by atoms with van der Waals surface area (Å²) < 4.78 is 37.4. The topological polar surface area (TPSA) is 105 Å². The summed E-state index contributed by atoms with van der Waals surface area (Å²) in [5.41, 5.74) is 2.20. The van der Waals surface area contributed by atoms with E-state index in [4.69, 9.17) is 16.3 Å². The molecule has 0 radical (unpaired) electrons. The van der Waals surface area contributed by atoms with E-state index in [0.29, 0.717) is 17.2 Å². The zero-order valence-corrected chi connectivity index (χ0v) is 18.1. The van der Waals surface area contributed by atoms with Gasteiger partial charge in [-0.05, 0) is 60.1 Å². The van der Waals surface area contributed by atoms with Crippen molar-refractivity contribution in [1.29, 1.82) is 5.26 Å². The number of ether oxygens (including phenoxy) is 1. The van der Waals surface area contributed by atoms with Gasteiger partial charge in [0, 0.05) is 16.6 Å². The number of hydrogen-bond acceptors (Lipinski definition) is 7. The third kappa shape index (κ3) is 4.67. The van der Waals surface area contributed by atoms with Crippen molar-refractivity contribution >= 4 is 38.8 Å². The maximum absolute atomic E-state index is 12.7. The predicted molar refractivity (Wildman–Crippen MR) is 119 cm³/mol. The van der Waals surface area contributed by atoms with E-state index in [9.17, 15) is 13.7 Å². The molecule has 154 valence electrons. The van der Waals surface area contributed by atoms with Crippen LogP contribution in [0.5, 0.6) is 11.5 Å². The van der Waals surface area contributed by atoms with Gasteiger partial charge in [0.25, 0.3) is 10.0 Å². The van der Waals surface area contributed by atoms with Crippen LogP contribution in [0.2, 0.25) is 5.02 Å². The Morgan fingerprint density at radius 3 is 2.42 bits per heavy atom. The number of nitriles is 1. The monoisotopic (exact) mass is 468 g/mol. The normalized spacial score (nSPS) is 11.0. The molecule has 10 heteroatoms. The van der Waals surface area contributed by atoms with Gasteiger partial charge < -0.3 is 4.74 Å². The van der Waals surface area contributed by atoms with Crippen molar-refractivity contribution in [3.63, 3.8) is 0 Å². The zero-order chi connectivity index (χ0) is 21.8. The van der Waals surface area contributed by atoms with Gasteiger partial charge in [0.15, 0.2) is 0 Å². The van der Waals surface area contributed by atoms with Gasteiger partial charge in [0.1, 0.15) is 28.8 Å². The summed E-state index contributed by atoms with van der Waals surface area (Å²) in [6.45, 7) is 0. The van der Waals surface area contributed by atoms with Crippen molar-refractivity contribution in [3.05, 3.63) is 82.7 Å². The molecule has 0 unspecified atom stereocenters. The molecule has 4 rings (SSSR count). The van der Waals surface area contributed by atoms with E-state index in [0.717, 1.165) is 11.3 Å². The second-order valence-corrected chi connectivity index (χ2v) is 8.97. The molecule has 0 bridgehead atoms. The average molecular weight is 469 g/mol. The summed E-state index contributed by atoms with van der Waals surface area (Å²) in [6.07, 6.45) is 0. The Kier molecular flexibility index (Phi) is 5.86. The van der Waals surface area contributed by atoms with Crippen molar-refractivity contribution in [2.45, 2.75) is 4.90 Å². The predicted octanol–water partition coefficient (Wildman–Crippen LogP) is 5.32. The van der Waals surface area contributed by atoms with Crippen LogP contribution in [-0.4, -0.2) is 18.0 Å². The van der Waals surface area contributed by atoms with Crippen LogP contribution in [0, 0.1) is 11.3 Å². The lowest BCUT2D eigenvalue weighted by Gasteiger charge is -2.11. The van der Waals surface area contributed by atoms with Crippen LogP contribution >= 0.6 is 23.1 Å². The second kappa shape index (κ2) is 8.73. The lowest BCUT2D eigenvalue weighted by molar-refractivity contribution is 0.480. The standard InChI is InChI=1S/C21H13ClN4O3S2/c22-19-2-1-3-21(18(19)12-23)29-16-8-10-17(11-9-16)31(27,28)25-15-6-4-14(5-7-15)20-13-30-26-24-20/h1-11,13,25H. The first kappa shape index (κ1) is 20.8. The maximum atomic E-state index is 12.7. The van der Waals surface area contributed by atoms with E-state index < -0.39 is 10.0 Å². The molecule has 1 N–H and O–H groups in total. The van der Waals surface area contributed by atoms with Crippen LogP contribution in [0.3, 0.4) is 0 Å². The molecule has 3 aromatic carbocycles. The number of rotatable bonds is 6. The number of nitrogens with one attached hydrogen (secondary N) is 1. The number of aromatic nitrogens is 2. The van der Waals surface area contributed by atoms with Gasteiger partial charge >= 0.3 is 0 Å². The van der Waals surface area contributed by atoms with Gasteiger partial charge in [-0.3, -0.25) is 4.72 Å². The highest BCUT2D eigenvalue weighted by Gasteiger charge is 2.15. The maximum Gasteiger partial charge on any atom is 0.261 e. The molecule has 0 fully saturated rings. The van der Waals surface area contributed by atoms with Gasteiger partial charge in [-0.15, -0.1) is 5.10 Å². The lowest BCUT2D eigenvalue weighted by Crippen LogP contribution is -2.12. The van der Waals surface area contributed by atoms with Gasteiger partial charge in [-0.2, -0.15) is 5.26 Å². The lowest BCUT2D eigenvalue weighted by atomic mass is 10.2. The fourth-order valence-corrected chi connectivity index (χ4v) is 4.46. The smallest absolute Gasteiger partial charge is 0.261 e. The van der Waals surface area contributed by atoms with Crippen molar-refractivity contribution in [1.82, 2.24) is 9.59 Å². The van der Waals surface area contributed by atoms with E-state index in [2.05, 4.69) is 14.3 Å². The van der Waals surface area contributed by atoms with Crippen LogP contribution in [0.25, 0.3) is 11.3 Å². The number of hydrogen-bond donors (Lipinski definition) is 1. The molecule has 4 aromatic rings. The molecule has 0 aliphatic carbocycles. The highest BCUT2D eigenvalue weighted by Crippen LogP contribution is 2.30. The van der Waals surface area contributed by atoms with Gasteiger partial charge in [0.05, 0.1) is 9.92 Å². The molecular formula is C21H13ClN4O3S2. The van der Waals surface area contributed by atoms with Gasteiger partial charge in [0.2, 0.25) is 0 Å². The molecule has 0 atom stereocenters. The number of halogens is 1.